The third kappa shape index (κ3) is 3.76. The number of hydrogen-bond acceptors (Lipinski definition) is 4. The number of amides is 1. The van der Waals surface area contributed by atoms with Crippen LogP contribution in [0.1, 0.15) is 22.0 Å². The van der Waals surface area contributed by atoms with Crippen LogP contribution in [0, 0.1) is 0 Å². The molecule has 1 heterocycles. The zero-order valence-electron chi connectivity index (χ0n) is 14.3. The summed E-state index contributed by atoms with van der Waals surface area (Å²) >= 11 is 6.32. The molecule has 2 aromatic carbocycles. The monoisotopic (exact) mass is 393 g/mol. The molecule has 0 aliphatic carbocycles. The number of benzene rings is 2. The van der Waals surface area contributed by atoms with Crippen molar-refractivity contribution in [1.82, 2.24) is 14.9 Å². The Morgan fingerprint density at radius 2 is 1.88 bits per heavy atom. The van der Waals surface area contributed by atoms with Crippen LogP contribution in [0.5, 0.6) is 0 Å². The quantitative estimate of drug-likeness (QED) is 0.833. The van der Waals surface area contributed by atoms with Gasteiger partial charge in [-0.2, -0.15) is 0 Å². The SMILES string of the molecule is CNS(=O)(=O)c1ccc(C(=O)N2CCNCC2c2ccccc2Cl)cc1. The van der Waals surface area contributed by atoms with Crippen molar-refractivity contribution in [3.05, 3.63) is 64.7 Å². The van der Waals surface area contributed by atoms with E-state index in [9.17, 15) is 13.2 Å². The first-order valence-corrected chi connectivity index (χ1v) is 10.1. The lowest BCUT2D eigenvalue weighted by Gasteiger charge is -2.37. The molecule has 3 rings (SSSR count). The van der Waals surface area contributed by atoms with Gasteiger partial charge in [-0.15, -0.1) is 0 Å². The van der Waals surface area contributed by atoms with Crippen molar-refractivity contribution in [3.63, 3.8) is 0 Å². The Morgan fingerprint density at radius 1 is 1.19 bits per heavy atom. The number of rotatable bonds is 4. The van der Waals surface area contributed by atoms with Crippen molar-refractivity contribution in [3.8, 4) is 0 Å². The Kier molecular flexibility index (Phi) is 5.62. The molecule has 0 bridgehead atoms. The molecule has 0 saturated carbocycles. The predicted molar refractivity (Wildman–Crippen MR) is 101 cm³/mol. The van der Waals surface area contributed by atoms with Crippen molar-refractivity contribution in [1.29, 1.82) is 0 Å². The van der Waals surface area contributed by atoms with E-state index >= 15 is 0 Å². The number of halogens is 1. The van der Waals surface area contributed by atoms with E-state index in [4.69, 9.17) is 11.6 Å². The zero-order chi connectivity index (χ0) is 18.7. The number of nitrogens with one attached hydrogen (secondary N) is 2. The summed E-state index contributed by atoms with van der Waals surface area (Å²) in [5, 5.41) is 3.91. The number of sulfonamides is 1. The van der Waals surface area contributed by atoms with E-state index in [1.807, 2.05) is 24.3 Å². The van der Waals surface area contributed by atoms with Crippen LogP contribution in [0.2, 0.25) is 5.02 Å². The van der Waals surface area contributed by atoms with Crippen LogP contribution in [0.15, 0.2) is 53.4 Å². The molecule has 6 nitrogen and oxygen atoms in total. The van der Waals surface area contributed by atoms with Gasteiger partial charge in [0.15, 0.2) is 0 Å². The molecule has 1 aliphatic rings. The lowest BCUT2D eigenvalue weighted by molar-refractivity contribution is 0.0634. The highest BCUT2D eigenvalue weighted by molar-refractivity contribution is 7.89. The summed E-state index contributed by atoms with van der Waals surface area (Å²) in [7, 11) is -2.18. The minimum absolute atomic E-state index is 0.125. The first-order valence-electron chi connectivity index (χ1n) is 8.24. The number of carbonyl (C=O) groups excluding carboxylic acids is 1. The zero-order valence-corrected chi connectivity index (χ0v) is 15.8. The van der Waals surface area contributed by atoms with Gasteiger partial charge in [0.05, 0.1) is 10.9 Å². The highest BCUT2D eigenvalue weighted by Crippen LogP contribution is 2.29. The van der Waals surface area contributed by atoms with Gasteiger partial charge in [-0.05, 0) is 42.9 Å². The molecule has 138 valence electrons. The predicted octanol–water partition coefficient (Wildman–Crippen LogP) is 2.03. The molecule has 1 atom stereocenters. The summed E-state index contributed by atoms with van der Waals surface area (Å²) in [6.07, 6.45) is 0. The minimum Gasteiger partial charge on any atom is -0.329 e. The van der Waals surface area contributed by atoms with Gasteiger partial charge in [-0.1, -0.05) is 29.8 Å². The third-order valence-electron chi connectivity index (χ3n) is 4.45. The Morgan fingerprint density at radius 3 is 2.54 bits per heavy atom. The molecule has 1 unspecified atom stereocenters. The maximum Gasteiger partial charge on any atom is 0.254 e. The van der Waals surface area contributed by atoms with Gasteiger partial charge in [0, 0.05) is 30.2 Å². The van der Waals surface area contributed by atoms with Gasteiger partial charge in [0.1, 0.15) is 0 Å². The van der Waals surface area contributed by atoms with Crippen molar-refractivity contribution >= 4 is 27.5 Å². The van der Waals surface area contributed by atoms with Crippen molar-refractivity contribution in [2.75, 3.05) is 26.7 Å². The molecule has 2 N–H and O–H groups in total. The lowest BCUT2D eigenvalue weighted by atomic mass is 10.0. The summed E-state index contributed by atoms with van der Waals surface area (Å²) in [6, 6.07) is 13.3. The molecule has 26 heavy (non-hydrogen) atoms. The van der Waals surface area contributed by atoms with E-state index in [0.29, 0.717) is 30.2 Å². The van der Waals surface area contributed by atoms with Crippen LogP contribution in [0.4, 0.5) is 0 Å². The molecule has 0 aromatic heterocycles. The highest BCUT2D eigenvalue weighted by atomic mass is 35.5. The largest absolute Gasteiger partial charge is 0.329 e. The van der Waals surface area contributed by atoms with Crippen LogP contribution in [-0.2, 0) is 10.0 Å². The van der Waals surface area contributed by atoms with Crippen LogP contribution in [0.3, 0.4) is 0 Å². The highest BCUT2D eigenvalue weighted by Gasteiger charge is 2.30. The smallest absolute Gasteiger partial charge is 0.254 e. The van der Waals surface area contributed by atoms with Gasteiger partial charge in [0.25, 0.3) is 5.91 Å². The molecular weight excluding hydrogens is 374 g/mol. The van der Waals surface area contributed by atoms with Gasteiger partial charge in [-0.25, -0.2) is 13.1 Å². The Hall–Kier alpha value is -1.93. The molecule has 1 amide bonds. The molecule has 2 aromatic rings. The molecule has 0 radical (unpaired) electrons. The lowest BCUT2D eigenvalue weighted by Crippen LogP contribution is -2.48. The summed E-state index contributed by atoms with van der Waals surface area (Å²) in [5.41, 5.74) is 1.34. The van der Waals surface area contributed by atoms with Gasteiger partial charge < -0.3 is 10.2 Å². The number of piperazine rings is 1. The van der Waals surface area contributed by atoms with Crippen LogP contribution in [0.25, 0.3) is 0 Å². The minimum atomic E-state index is -3.53. The van der Waals surface area contributed by atoms with Gasteiger partial charge in [0.2, 0.25) is 10.0 Å². The second-order valence-corrected chi connectivity index (χ2v) is 8.27. The fraction of sp³-hybridized carbons (Fsp3) is 0.278. The second-order valence-electron chi connectivity index (χ2n) is 5.97. The number of carbonyl (C=O) groups is 1. The van der Waals surface area contributed by atoms with E-state index in [2.05, 4.69) is 10.0 Å². The van der Waals surface area contributed by atoms with E-state index in [0.717, 1.165) is 5.56 Å². The van der Waals surface area contributed by atoms with E-state index < -0.39 is 10.0 Å². The Balaban J connectivity index is 1.89. The first kappa shape index (κ1) is 18.8. The van der Waals surface area contributed by atoms with E-state index in [1.54, 1.807) is 4.90 Å². The molecule has 1 aliphatic heterocycles. The maximum absolute atomic E-state index is 13.0. The topological polar surface area (TPSA) is 78.5 Å². The average Bonchev–Trinajstić information content (AvgIpc) is 2.68. The molecular formula is C18H20ClN3O3S. The first-order chi connectivity index (χ1) is 12.4. The standard InChI is InChI=1S/C18H20ClN3O3S/c1-20-26(24,25)14-8-6-13(7-9-14)18(23)22-11-10-21-12-17(22)15-4-2-3-5-16(15)19/h2-9,17,20-21H,10-12H2,1H3. The Labute approximate surface area is 158 Å². The normalized spacial score (nSPS) is 17.9. The van der Waals surface area contributed by atoms with Crippen molar-refractivity contribution in [2.45, 2.75) is 10.9 Å². The average molecular weight is 394 g/mol. The molecule has 1 saturated heterocycles. The van der Waals surface area contributed by atoms with Gasteiger partial charge in [-0.3, -0.25) is 4.79 Å². The summed E-state index contributed by atoms with van der Waals surface area (Å²) < 4.78 is 25.9. The van der Waals surface area contributed by atoms with Crippen molar-refractivity contribution < 1.29 is 13.2 Å². The van der Waals surface area contributed by atoms with Gasteiger partial charge >= 0.3 is 0 Å². The fourth-order valence-electron chi connectivity index (χ4n) is 3.03. The molecule has 0 spiro atoms. The Bertz CT molecular complexity index is 900. The number of nitrogens with zero attached hydrogens (tertiary/aromatic N) is 1. The van der Waals surface area contributed by atoms with E-state index in [1.165, 1.54) is 31.3 Å². The summed E-state index contributed by atoms with van der Waals surface area (Å²) in [4.78, 5) is 14.9. The van der Waals surface area contributed by atoms with E-state index in [-0.39, 0.29) is 16.8 Å². The van der Waals surface area contributed by atoms with Crippen LogP contribution < -0.4 is 10.0 Å². The summed E-state index contributed by atoms with van der Waals surface area (Å²) in [5.74, 6) is -0.148. The van der Waals surface area contributed by atoms with Crippen molar-refractivity contribution in [2.24, 2.45) is 0 Å². The molecule has 8 heteroatoms. The number of hydrogen-bond donors (Lipinski definition) is 2. The van der Waals surface area contributed by atoms with Crippen LogP contribution in [-0.4, -0.2) is 45.9 Å². The fourth-order valence-corrected chi connectivity index (χ4v) is 4.02. The molecule has 1 fully saturated rings. The van der Waals surface area contributed by atoms with Crippen LogP contribution >= 0.6 is 11.6 Å². The second kappa shape index (κ2) is 7.75. The maximum atomic E-state index is 13.0. The third-order valence-corrected chi connectivity index (χ3v) is 6.22. The summed E-state index contributed by atoms with van der Waals surface area (Å²) in [6.45, 7) is 1.85.